The van der Waals surface area contributed by atoms with Gasteiger partial charge in [-0.2, -0.15) is 0 Å². The molecule has 32 heavy (non-hydrogen) atoms. The zero-order chi connectivity index (χ0) is 23.0. The van der Waals surface area contributed by atoms with Crippen LogP contribution in [0.3, 0.4) is 0 Å². The lowest BCUT2D eigenvalue weighted by atomic mass is 9.74. The number of para-hydroxylation sites is 1. The van der Waals surface area contributed by atoms with E-state index in [9.17, 15) is 9.90 Å². The average Bonchev–Trinajstić information content (AvgIpc) is 2.83. The molecule has 1 fully saturated rings. The first-order valence-corrected chi connectivity index (χ1v) is 11.7. The van der Waals surface area contributed by atoms with Gasteiger partial charge in [-0.3, -0.25) is 0 Å². The van der Waals surface area contributed by atoms with Crippen molar-refractivity contribution in [2.24, 2.45) is 5.92 Å². The molecule has 3 N–H and O–H groups in total. The molecule has 0 aromatic heterocycles. The molecule has 0 bridgehead atoms. The molecule has 0 radical (unpaired) electrons. The summed E-state index contributed by atoms with van der Waals surface area (Å²) in [7, 11) is 1.34. The summed E-state index contributed by atoms with van der Waals surface area (Å²) in [5.74, 6) is 1.17. The average molecular weight is 461 g/mol. The van der Waals surface area contributed by atoms with Gasteiger partial charge in [0.05, 0.1) is 17.7 Å². The van der Waals surface area contributed by atoms with Crippen molar-refractivity contribution in [3.63, 3.8) is 0 Å². The summed E-state index contributed by atoms with van der Waals surface area (Å²) >= 11 is 6.59. The van der Waals surface area contributed by atoms with E-state index in [2.05, 4.69) is 28.4 Å². The third-order valence-electron chi connectivity index (χ3n) is 6.12. The molecule has 2 aromatic rings. The summed E-state index contributed by atoms with van der Waals surface area (Å²) < 4.78 is 10.9. The maximum atomic E-state index is 12.1. The second-order valence-electron chi connectivity index (χ2n) is 8.21. The van der Waals surface area contributed by atoms with E-state index in [-0.39, 0.29) is 5.92 Å². The lowest BCUT2D eigenvalue weighted by Gasteiger charge is -2.40. The number of ether oxygens (including phenoxy) is 2. The van der Waals surface area contributed by atoms with Gasteiger partial charge in [0.25, 0.3) is 0 Å². The predicted molar refractivity (Wildman–Crippen MR) is 126 cm³/mol. The van der Waals surface area contributed by atoms with Crippen LogP contribution in [0.1, 0.15) is 43.7 Å². The van der Waals surface area contributed by atoms with Crippen molar-refractivity contribution >= 4 is 17.7 Å². The summed E-state index contributed by atoms with van der Waals surface area (Å²) in [6.45, 7) is 4.15. The Hall–Kier alpha value is -2.28. The summed E-state index contributed by atoms with van der Waals surface area (Å²) in [5.41, 5.74) is 0.684. The van der Waals surface area contributed by atoms with Crippen LogP contribution >= 0.6 is 11.6 Å². The maximum absolute atomic E-state index is 12.1. The fraction of sp³-hybridized carbons (Fsp3) is 0.480. The van der Waals surface area contributed by atoms with Gasteiger partial charge in [0.1, 0.15) is 5.75 Å². The number of hydrogen-bond donors (Lipinski definition) is 3. The molecule has 0 unspecified atom stereocenters. The number of rotatable bonds is 9. The third-order valence-corrected chi connectivity index (χ3v) is 6.42. The SMILES string of the molecule is CCc1cccc(Oc2c(Cl)cccc2[C@](O)(CCCNC(=O)OC)[C@@H]2CCCNC2)c1. The molecule has 1 heterocycles. The van der Waals surface area contributed by atoms with Gasteiger partial charge in [-0.25, -0.2) is 4.79 Å². The highest BCUT2D eigenvalue weighted by atomic mass is 35.5. The molecule has 174 valence electrons. The highest BCUT2D eigenvalue weighted by Gasteiger charge is 2.41. The topological polar surface area (TPSA) is 79.8 Å². The number of alkyl carbamates (subject to hydrolysis) is 1. The minimum Gasteiger partial charge on any atom is -0.455 e. The molecule has 2 aromatic carbocycles. The number of nitrogens with one attached hydrogen (secondary N) is 2. The second-order valence-corrected chi connectivity index (χ2v) is 8.62. The largest absolute Gasteiger partial charge is 0.455 e. The van der Waals surface area contributed by atoms with Crippen molar-refractivity contribution in [3.8, 4) is 11.5 Å². The quantitative estimate of drug-likeness (QED) is 0.458. The molecule has 7 heteroatoms. The number of methoxy groups -OCH3 is 1. The van der Waals surface area contributed by atoms with E-state index in [1.807, 2.05) is 30.3 Å². The van der Waals surface area contributed by atoms with E-state index >= 15 is 0 Å². The number of carbonyl (C=O) groups excluding carboxylic acids is 1. The summed E-state index contributed by atoms with van der Waals surface area (Å²) in [4.78, 5) is 11.4. The van der Waals surface area contributed by atoms with E-state index in [0.29, 0.717) is 48.0 Å². The van der Waals surface area contributed by atoms with E-state index in [1.165, 1.54) is 7.11 Å². The molecule has 3 rings (SSSR count). The number of aryl methyl sites for hydroxylation is 1. The molecular weight excluding hydrogens is 428 g/mol. The Morgan fingerprint density at radius 2 is 2.12 bits per heavy atom. The zero-order valence-electron chi connectivity index (χ0n) is 18.8. The smallest absolute Gasteiger partial charge is 0.406 e. The van der Waals surface area contributed by atoms with Crippen molar-refractivity contribution in [1.29, 1.82) is 0 Å². The van der Waals surface area contributed by atoms with Gasteiger partial charge in [-0.1, -0.05) is 42.8 Å². The number of hydrogen-bond acceptors (Lipinski definition) is 5. The molecule has 0 aliphatic carbocycles. The van der Waals surface area contributed by atoms with E-state index in [4.69, 9.17) is 16.3 Å². The summed E-state index contributed by atoms with van der Waals surface area (Å²) in [6, 6.07) is 13.4. The number of halogens is 1. The molecule has 1 aliphatic heterocycles. The van der Waals surface area contributed by atoms with Gasteiger partial charge in [-0.05, 0) is 62.4 Å². The molecule has 0 saturated carbocycles. The van der Waals surface area contributed by atoms with E-state index < -0.39 is 11.7 Å². The summed E-state index contributed by atoms with van der Waals surface area (Å²) in [5, 5.41) is 18.6. The van der Waals surface area contributed by atoms with Crippen LogP contribution < -0.4 is 15.4 Å². The lowest BCUT2D eigenvalue weighted by Crippen LogP contribution is -2.45. The number of amides is 1. The zero-order valence-corrected chi connectivity index (χ0v) is 19.6. The molecule has 1 saturated heterocycles. The first-order chi connectivity index (χ1) is 15.5. The lowest BCUT2D eigenvalue weighted by molar-refractivity contribution is -0.0433. The van der Waals surface area contributed by atoms with Crippen LogP contribution in [0.5, 0.6) is 11.5 Å². The highest BCUT2D eigenvalue weighted by Crippen LogP contribution is 2.45. The Bertz CT molecular complexity index is 901. The van der Waals surface area contributed by atoms with E-state index in [1.54, 1.807) is 6.07 Å². The minimum absolute atomic E-state index is 0.00262. The van der Waals surface area contributed by atoms with Crippen molar-refractivity contribution in [3.05, 3.63) is 58.6 Å². The first-order valence-electron chi connectivity index (χ1n) is 11.3. The van der Waals surface area contributed by atoms with Crippen molar-refractivity contribution in [2.75, 3.05) is 26.7 Å². The third kappa shape index (κ3) is 5.94. The molecule has 6 nitrogen and oxygen atoms in total. The van der Waals surface area contributed by atoms with Crippen LogP contribution in [0.4, 0.5) is 4.79 Å². The van der Waals surface area contributed by atoms with Gasteiger partial charge < -0.3 is 25.2 Å². The molecule has 1 aliphatic rings. The fourth-order valence-electron chi connectivity index (χ4n) is 4.34. The van der Waals surface area contributed by atoms with Crippen molar-refractivity contribution < 1.29 is 19.4 Å². The Morgan fingerprint density at radius 1 is 1.31 bits per heavy atom. The second kappa shape index (κ2) is 11.5. The predicted octanol–water partition coefficient (Wildman–Crippen LogP) is 5.02. The fourth-order valence-corrected chi connectivity index (χ4v) is 4.55. The van der Waals surface area contributed by atoms with Gasteiger partial charge in [0.2, 0.25) is 0 Å². The van der Waals surface area contributed by atoms with Crippen LogP contribution in [0.2, 0.25) is 5.02 Å². The van der Waals surface area contributed by atoms with Crippen molar-refractivity contribution in [1.82, 2.24) is 10.6 Å². The van der Waals surface area contributed by atoms with Gasteiger partial charge >= 0.3 is 6.09 Å². The number of carbonyl (C=O) groups is 1. The van der Waals surface area contributed by atoms with Crippen LogP contribution in [0, 0.1) is 5.92 Å². The molecule has 0 spiro atoms. The standard InChI is InChI=1S/C25H33ClN2O4/c1-3-18-8-4-10-20(16-18)32-23-21(11-5-12-22(23)26)25(30,19-9-6-14-27-17-19)13-7-15-28-24(29)31-2/h4-5,8,10-12,16,19,27,30H,3,6-7,9,13-15,17H2,1-2H3,(H,28,29)/t19-,25+/m1/s1. The van der Waals surface area contributed by atoms with Crippen LogP contribution in [0.25, 0.3) is 0 Å². The highest BCUT2D eigenvalue weighted by molar-refractivity contribution is 6.32. The first kappa shape index (κ1) is 24.4. The minimum atomic E-state index is -1.16. The number of piperidine rings is 1. The van der Waals surface area contributed by atoms with Gasteiger partial charge in [-0.15, -0.1) is 0 Å². The van der Waals surface area contributed by atoms with Crippen molar-refractivity contribution in [2.45, 2.75) is 44.6 Å². The maximum Gasteiger partial charge on any atom is 0.406 e. The van der Waals surface area contributed by atoms with Crippen LogP contribution in [0.15, 0.2) is 42.5 Å². The number of benzene rings is 2. The molecule has 2 atom stereocenters. The van der Waals surface area contributed by atoms with Gasteiger partial charge in [0.15, 0.2) is 5.75 Å². The molecule has 1 amide bonds. The Morgan fingerprint density at radius 3 is 2.84 bits per heavy atom. The van der Waals surface area contributed by atoms with Crippen LogP contribution in [-0.2, 0) is 16.8 Å². The number of aliphatic hydroxyl groups is 1. The Labute approximate surface area is 195 Å². The Kier molecular flexibility index (Phi) is 8.79. The van der Waals surface area contributed by atoms with Gasteiger partial charge in [0, 0.05) is 24.6 Å². The Balaban J connectivity index is 1.92. The normalized spacial score (nSPS) is 17.9. The summed E-state index contributed by atoms with van der Waals surface area (Å²) in [6.07, 6.45) is 3.34. The van der Waals surface area contributed by atoms with Crippen LogP contribution in [-0.4, -0.2) is 37.9 Å². The monoisotopic (exact) mass is 460 g/mol. The molecular formula is C25H33ClN2O4. The van der Waals surface area contributed by atoms with E-state index in [0.717, 1.165) is 31.4 Å².